The number of aromatic nitrogens is 1. The van der Waals surface area contributed by atoms with Gasteiger partial charge in [-0.2, -0.15) is 5.26 Å². The molecule has 37 heavy (non-hydrogen) atoms. The number of hydrogen-bond donors (Lipinski definition) is 3. The van der Waals surface area contributed by atoms with Crippen molar-refractivity contribution in [2.75, 3.05) is 10.6 Å². The molecule has 3 aromatic carbocycles. The molecule has 182 valence electrons. The van der Waals surface area contributed by atoms with Crippen LogP contribution in [0.2, 0.25) is 0 Å². The normalized spacial score (nSPS) is 10.8. The second-order valence-electron chi connectivity index (χ2n) is 8.31. The predicted octanol–water partition coefficient (Wildman–Crippen LogP) is 5.90. The Kier molecular flexibility index (Phi) is 6.27. The second-order valence-corrected chi connectivity index (χ2v) is 9.19. The van der Waals surface area contributed by atoms with Gasteiger partial charge < -0.3 is 17.2 Å². The van der Waals surface area contributed by atoms with Crippen LogP contribution in [0.25, 0.3) is 32.3 Å². The van der Waals surface area contributed by atoms with Gasteiger partial charge in [-0.25, -0.2) is 14.2 Å². The minimum atomic E-state index is -0.817. The molecule has 0 spiro atoms. The summed E-state index contributed by atoms with van der Waals surface area (Å²) in [4.78, 5) is 17.8. The zero-order valence-electron chi connectivity index (χ0n) is 19.5. The number of thiophene rings is 1. The van der Waals surface area contributed by atoms with Gasteiger partial charge in [0.05, 0.1) is 23.0 Å². The van der Waals surface area contributed by atoms with Crippen molar-refractivity contribution in [1.82, 2.24) is 4.98 Å². The Morgan fingerprint density at radius 2 is 1.70 bits per heavy atom. The number of amides is 2. The summed E-state index contributed by atoms with van der Waals surface area (Å²) in [5.74, 6) is -0.190. The van der Waals surface area contributed by atoms with Gasteiger partial charge in [0.1, 0.15) is 11.6 Å². The number of anilines is 3. The lowest BCUT2D eigenvalue weighted by molar-refractivity contribution is 0.256. The van der Waals surface area contributed by atoms with Gasteiger partial charge >= 0.3 is 6.03 Å². The number of nitrogen functional groups attached to an aromatic ring is 1. The second kappa shape index (κ2) is 9.70. The van der Waals surface area contributed by atoms with Crippen LogP contribution in [-0.4, -0.2) is 11.0 Å². The van der Waals surface area contributed by atoms with Crippen LogP contribution in [0.15, 0.2) is 78.3 Å². The SMILES string of the molecule is N#Cc1ccc(-c2cnc(N)c3c(-c4ccc(N(C(N)=O)c5cc(CN)ccc5F)cc4)csc23)cc1. The Balaban J connectivity index is 1.56. The summed E-state index contributed by atoms with van der Waals surface area (Å²) in [6.07, 6.45) is 1.73. The number of benzene rings is 3. The van der Waals surface area contributed by atoms with Crippen LogP contribution < -0.4 is 22.1 Å². The number of fused-ring (bicyclic) bond motifs is 1. The number of pyridine rings is 1. The van der Waals surface area contributed by atoms with Crippen LogP contribution in [-0.2, 0) is 6.54 Å². The highest BCUT2D eigenvalue weighted by atomic mass is 32.1. The van der Waals surface area contributed by atoms with E-state index < -0.39 is 11.8 Å². The summed E-state index contributed by atoms with van der Waals surface area (Å²) in [6, 6.07) is 20.0. The van der Waals surface area contributed by atoms with E-state index in [1.807, 2.05) is 29.6 Å². The van der Waals surface area contributed by atoms with Gasteiger partial charge in [0.2, 0.25) is 0 Å². The molecule has 7 nitrogen and oxygen atoms in total. The van der Waals surface area contributed by atoms with E-state index in [4.69, 9.17) is 22.5 Å². The van der Waals surface area contributed by atoms with E-state index in [9.17, 15) is 9.18 Å². The fraction of sp³-hybridized carbons (Fsp3) is 0.0357. The maximum absolute atomic E-state index is 14.6. The van der Waals surface area contributed by atoms with Crippen molar-refractivity contribution in [3.63, 3.8) is 0 Å². The number of urea groups is 1. The van der Waals surface area contributed by atoms with E-state index in [0.717, 1.165) is 37.2 Å². The van der Waals surface area contributed by atoms with E-state index in [-0.39, 0.29) is 12.2 Å². The molecular formula is C28H21FN6OS. The molecule has 0 atom stereocenters. The lowest BCUT2D eigenvalue weighted by Gasteiger charge is -2.22. The Hall–Kier alpha value is -4.78. The largest absolute Gasteiger partial charge is 0.383 e. The number of rotatable bonds is 5. The minimum Gasteiger partial charge on any atom is -0.383 e. The van der Waals surface area contributed by atoms with Gasteiger partial charge in [0, 0.05) is 34.0 Å². The summed E-state index contributed by atoms with van der Waals surface area (Å²) >= 11 is 1.54. The van der Waals surface area contributed by atoms with Gasteiger partial charge in [0.25, 0.3) is 0 Å². The van der Waals surface area contributed by atoms with Crippen molar-refractivity contribution >= 4 is 44.6 Å². The van der Waals surface area contributed by atoms with E-state index in [1.54, 1.807) is 47.9 Å². The quantitative estimate of drug-likeness (QED) is 0.272. The zero-order chi connectivity index (χ0) is 26.1. The number of carbonyl (C=O) groups excluding carboxylic acids is 1. The Morgan fingerprint density at radius 3 is 2.35 bits per heavy atom. The molecule has 9 heteroatoms. The lowest BCUT2D eigenvalue weighted by Crippen LogP contribution is -2.32. The number of carbonyl (C=O) groups is 1. The fourth-order valence-corrected chi connectivity index (χ4v) is 5.36. The van der Waals surface area contributed by atoms with Crippen LogP contribution in [0.4, 0.5) is 26.4 Å². The molecule has 0 radical (unpaired) electrons. The molecule has 2 heterocycles. The minimum absolute atomic E-state index is 0.0321. The molecule has 5 rings (SSSR count). The molecule has 0 aliphatic heterocycles. The number of halogens is 1. The van der Waals surface area contributed by atoms with E-state index in [1.165, 1.54) is 12.1 Å². The summed E-state index contributed by atoms with van der Waals surface area (Å²) < 4.78 is 15.6. The molecule has 5 aromatic rings. The van der Waals surface area contributed by atoms with Crippen molar-refractivity contribution in [2.24, 2.45) is 11.5 Å². The van der Waals surface area contributed by atoms with Gasteiger partial charge in [0.15, 0.2) is 0 Å². The van der Waals surface area contributed by atoms with E-state index >= 15 is 0 Å². The monoisotopic (exact) mass is 508 g/mol. The molecule has 0 fully saturated rings. The van der Waals surface area contributed by atoms with Crippen LogP contribution in [0.5, 0.6) is 0 Å². The van der Waals surface area contributed by atoms with E-state index in [0.29, 0.717) is 22.6 Å². The summed E-state index contributed by atoms with van der Waals surface area (Å²) in [7, 11) is 0. The number of nitriles is 1. The molecule has 0 unspecified atom stereocenters. The third-order valence-corrected chi connectivity index (χ3v) is 7.11. The maximum Gasteiger partial charge on any atom is 0.323 e. The van der Waals surface area contributed by atoms with Crippen LogP contribution in [0.1, 0.15) is 11.1 Å². The van der Waals surface area contributed by atoms with E-state index in [2.05, 4.69) is 11.1 Å². The van der Waals surface area contributed by atoms with Crippen LogP contribution in [0.3, 0.4) is 0 Å². The third-order valence-electron chi connectivity index (χ3n) is 6.09. The van der Waals surface area contributed by atoms with Gasteiger partial charge in [-0.15, -0.1) is 11.3 Å². The zero-order valence-corrected chi connectivity index (χ0v) is 20.3. The van der Waals surface area contributed by atoms with Crippen molar-refractivity contribution in [1.29, 1.82) is 5.26 Å². The van der Waals surface area contributed by atoms with Crippen molar-refractivity contribution in [3.05, 3.63) is 95.3 Å². The summed E-state index contributed by atoms with van der Waals surface area (Å²) in [5.41, 5.74) is 22.9. The summed E-state index contributed by atoms with van der Waals surface area (Å²) in [5, 5.41) is 11.9. The average molecular weight is 509 g/mol. The van der Waals surface area contributed by atoms with Crippen molar-refractivity contribution in [2.45, 2.75) is 6.54 Å². The Morgan fingerprint density at radius 1 is 1.03 bits per heavy atom. The molecular weight excluding hydrogens is 487 g/mol. The molecule has 0 aliphatic carbocycles. The maximum atomic E-state index is 14.6. The highest BCUT2D eigenvalue weighted by molar-refractivity contribution is 7.18. The molecule has 0 saturated carbocycles. The molecule has 0 aliphatic rings. The molecule has 2 amide bonds. The first kappa shape index (κ1) is 23.9. The molecule has 0 bridgehead atoms. The first-order valence-corrected chi connectivity index (χ1v) is 12.1. The highest BCUT2D eigenvalue weighted by Crippen LogP contribution is 2.42. The van der Waals surface area contributed by atoms with Crippen LogP contribution >= 0.6 is 11.3 Å². The fourth-order valence-electron chi connectivity index (χ4n) is 4.24. The van der Waals surface area contributed by atoms with Gasteiger partial charge in [-0.05, 0) is 58.5 Å². The first-order valence-electron chi connectivity index (χ1n) is 11.3. The number of hydrogen-bond acceptors (Lipinski definition) is 6. The smallest absolute Gasteiger partial charge is 0.323 e. The van der Waals surface area contributed by atoms with Gasteiger partial charge in [-0.1, -0.05) is 30.3 Å². The lowest BCUT2D eigenvalue weighted by atomic mass is 10.0. The molecule has 2 aromatic heterocycles. The topological polar surface area (TPSA) is 135 Å². The molecule has 6 N–H and O–H groups in total. The Bertz CT molecular complexity index is 1670. The van der Waals surface area contributed by atoms with Crippen LogP contribution in [0, 0.1) is 17.1 Å². The highest BCUT2D eigenvalue weighted by Gasteiger charge is 2.20. The van der Waals surface area contributed by atoms with Crippen molar-refractivity contribution < 1.29 is 9.18 Å². The van der Waals surface area contributed by atoms with Gasteiger partial charge in [-0.3, -0.25) is 4.90 Å². The first-order chi connectivity index (χ1) is 17.9. The summed E-state index contributed by atoms with van der Waals surface area (Å²) in [6.45, 7) is 0.198. The number of primary amides is 1. The number of nitrogens with zero attached hydrogens (tertiary/aromatic N) is 3. The molecule has 0 saturated heterocycles. The standard InChI is InChI=1S/C28H21FN6OS/c29-23-10-3-17(13-31)11-24(23)35(28(33)36)20-8-6-19(7-9-20)22-15-37-26-21(14-34-27(32)25(22)26)18-4-1-16(12-30)2-5-18/h1-11,14-15H,13,31H2,(H2,32,34)(H2,33,36). The Labute approximate surface area is 216 Å². The van der Waals surface area contributed by atoms with Crippen molar-refractivity contribution in [3.8, 4) is 28.3 Å². The predicted molar refractivity (Wildman–Crippen MR) is 146 cm³/mol. The average Bonchev–Trinajstić information content (AvgIpc) is 3.37. The number of nitrogens with two attached hydrogens (primary N) is 3. The third kappa shape index (κ3) is 4.36.